The van der Waals surface area contributed by atoms with E-state index in [1.807, 2.05) is 0 Å². The monoisotopic (exact) mass is 191 g/mol. The zero-order valence-corrected chi connectivity index (χ0v) is 7.64. The first kappa shape index (κ1) is 10.1. The van der Waals surface area contributed by atoms with Crippen molar-refractivity contribution in [2.45, 2.75) is 6.92 Å². The maximum Gasteiger partial charge on any atom is 0.267 e. The standard InChI is InChI=1S/C10H9NO3/c1-8(13)11(7-12)10(14)9-5-3-2-4-6-9/h2-7H,1H3. The number of rotatable bonds is 2. The van der Waals surface area contributed by atoms with Crippen LogP contribution in [0.4, 0.5) is 0 Å². The lowest BCUT2D eigenvalue weighted by Crippen LogP contribution is -2.33. The van der Waals surface area contributed by atoms with Gasteiger partial charge in [-0.2, -0.15) is 0 Å². The first-order valence-corrected chi connectivity index (χ1v) is 4.01. The zero-order valence-electron chi connectivity index (χ0n) is 7.64. The Bertz CT molecular complexity index is 359. The summed E-state index contributed by atoms with van der Waals surface area (Å²) in [7, 11) is 0. The SMILES string of the molecule is CC(=O)N(C=O)C(=O)c1ccccc1. The van der Waals surface area contributed by atoms with E-state index in [1.165, 1.54) is 0 Å². The van der Waals surface area contributed by atoms with Crippen molar-refractivity contribution in [3.8, 4) is 0 Å². The fraction of sp³-hybridized carbons (Fsp3) is 0.100. The second kappa shape index (κ2) is 4.32. The van der Waals surface area contributed by atoms with Gasteiger partial charge >= 0.3 is 0 Å². The van der Waals surface area contributed by atoms with Gasteiger partial charge in [-0.15, -0.1) is 0 Å². The minimum atomic E-state index is -0.604. The summed E-state index contributed by atoms with van der Waals surface area (Å²) in [5.41, 5.74) is 0.315. The molecule has 0 aliphatic heterocycles. The van der Waals surface area contributed by atoms with E-state index in [4.69, 9.17) is 0 Å². The molecular formula is C10H9NO3. The van der Waals surface area contributed by atoms with E-state index in [1.54, 1.807) is 30.3 Å². The number of benzene rings is 1. The highest BCUT2D eigenvalue weighted by molar-refractivity contribution is 6.11. The van der Waals surface area contributed by atoms with Crippen molar-refractivity contribution in [3.63, 3.8) is 0 Å². The Balaban J connectivity index is 2.95. The third kappa shape index (κ3) is 2.04. The molecule has 72 valence electrons. The van der Waals surface area contributed by atoms with Gasteiger partial charge in [0, 0.05) is 12.5 Å². The normalized spacial score (nSPS) is 9.21. The number of carbonyl (C=O) groups is 3. The highest BCUT2D eigenvalue weighted by Crippen LogP contribution is 2.02. The van der Waals surface area contributed by atoms with E-state index >= 15 is 0 Å². The van der Waals surface area contributed by atoms with Crippen molar-refractivity contribution in [2.24, 2.45) is 0 Å². The van der Waals surface area contributed by atoms with Crippen LogP contribution in [0, 0.1) is 0 Å². The Morgan fingerprint density at radius 2 is 1.79 bits per heavy atom. The van der Waals surface area contributed by atoms with Gasteiger partial charge in [0.1, 0.15) is 0 Å². The number of carbonyl (C=O) groups excluding carboxylic acids is 3. The molecule has 4 nitrogen and oxygen atoms in total. The van der Waals surface area contributed by atoms with Crippen LogP contribution in [0.1, 0.15) is 17.3 Å². The fourth-order valence-electron chi connectivity index (χ4n) is 0.985. The zero-order chi connectivity index (χ0) is 10.6. The van der Waals surface area contributed by atoms with Crippen LogP contribution < -0.4 is 0 Å². The van der Waals surface area contributed by atoms with Gasteiger partial charge in [-0.25, -0.2) is 4.90 Å². The maximum atomic E-state index is 11.5. The highest BCUT2D eigenvalue weighted by atomic mass is 16.2. The summed E-state index contributed by atoms with van der Waals surface area (Å²) in [6.07, 6.45) is 0.220. The summed E-state index contributed by atoms with van der Waals surface area (Å²) in [4.78, 5) is 33.3. The quantitative estimate of drug-likeness (QED) is 0.650. The second-order valence-corrected chi connectivity index (χ2v) is 2.67. The second-order valence-electron chi connectivity index (χ2n) is 2.67. The van der Waals surface area contributed by atoms with Crippen molar-refractivity contribution in [1.29, 1.82) is 0 Å². The molecule has 3 amide bonds. The Morgan fingerprint density at radius 3 is 2.21 bits per heavy atom. The molecule has 0 fully saturated rings. The van der Waals surface area contributed by atoms with E-state index < -0.39 is 11.8 Å². The first-order chi connectivity index (χ1) is 6.66. The molecular weight excluding hydrogens is 182 g/mol. The van der Waals surface area contributed by atoms with Gasteiger partial charge in [0.05, 0.1) is 0 Å². The number of hydrogen-bond acceptors (Lipinski definition) is 3. The molecule has 0 spiro atoms. The number of amides is 3. The fourth-order valence-corrected chi connectivity index (χ4v) is 0.985. The molecule has 0 unspecified atom stereocenters. The smallest absolute Gasteiger partial charge is 0.267 e. The Morgan fingerprint density at radius 1 is 1.21 bits per heavy atom. The van der Waals surface area contributed by atoms with Gasteiger partial charge < -0.3 is 0 Å². The summed E-state index contributed by atoms with van der Waals surface area (Å²) in [6.45, 7) is 1.16. The maximum absolute atomic E-state index is 11.5. The molecule has 1 rings (SSSR count). The summed E-state index contributed by atoms with van der Waals surface area (Å²) in [5.74, 6) is -1.19. The molecule has 4 heteroatoms. The van der Waals surface area contributed by atoms with Crippen LogP contribution in [-0.2, 0) is 9.59 Å². The average Bonchev–Trinajstić information content (AvgIpc) is 2.19. The van der Waals surface area contributed by atoms with E-state index in [0.29, 0.717) is 10.5 Å². The molecule has 0 heterocycles. The van der Waals surface area contributed by atoms with Crippen LogP contribution in [-0.4, -0.2) is 23.1 Å². The van der Waals surface area contributed by atoms with Crippen molar-refractivity contribution >= 4 is 18.2 Å². The third-order valence-corrected chi connectivity index (χ3v) is 1.68. The Hall–Kier alpha value is -1.97. The summed E-state index contributed by atoms with van der Waals surface area (Å²) < 4.78 is 0. The molecule has 0 bridgehead atoms. The van der Waals surface area contributed by atoms with E-state index in [-0.39, 0.29) is 6.41 Å². The van der Waals surface area contributed by atoms with Gasteiger partial charge in [-0.3, -0.25) is 14.4 Å². The van der Waals surface area contributed by atoms with Crippen molar-refractivity contribution < 1.29 is 14.4 Å². The van der Waals surface area contributed by atoms with Crippen LogP contribution in [0.3, 0.4) is 0 Å². The van der Waals surface area contributed by atoms with Crippen molar-refractivity contribution in [3.05, 3.63) is 35.9 Å². The van der Waals surface area contributed by atoms with Gasteiger partial charge in [-0.05, 0) is 12.1 Å². The molecule has 0 aliphatic carbocycles. The van der Waals surface area contributed by atoms with Crippen LogP contribution in [0.5, 0.6) is 0 Å². The summed E-state index contributed by atoms with van der Waals surface area (Å²) >= 11 is 0. The van der Waals surface area contributed by atoms with E-state index in [2.05, 4.69) is 0 Å². The van der Waals surface area contributed by atoms with Crippen molar-refractivity contribution in [1.82, 2.24) is 4.90 Å². The molecule has 0 N–H and O–H groups in total. The Labute approximate surface area is 81.1 Å². The summed E-state index contributed by atoms with van der Waals surface area (Å²) in [5, 5.41) is 0. The highest BCUT2D eigenvalue weighted by Gasteiger charge is 2.17. The lowest BCUT2D eigenvalue weighted by Gasteiger charge is -2.10. The number of hydrogen-bond donors (Lipinski definition) is 0. The topological polar surface area (TPSA) is 54.5 Å². The van der Waals surface area contributed by atoms with Gasteiger partial charge in [0.15, 0.2) is 0 Å². The van der Waals surface area contributed by atoms with Gasteiger partial charge in [0.25, 0.3) is 5.91 Å². The van der Waals surface area contributed by atoms with Crippen molar-refractivity contribution in [2.75, 3.05) is 0 Å². The predicted molar refractivity (Wildman–Crippen MR) is 49.4 cm³/mol. The number of nitrogens with zero attached hydrogens (tertiary/aromatic N) is 1. The van der Waals surface area contributed by atoms with E-state index in [0.717, 1.165) is 6.92 Å². The molecule has 0 radical (unpaired) electrons. The van der Waals surface area contributed by atoms with E-state index in [9.17, 15) is 14.4 Å². The molecule has 0 atom stereocenters. The third-order valence-electron chi connectivity index (χ3n) is 1.68. The molecule has 0 saturated heterocycles. The van der Waals surface area contributed by atoms with Crippen LogP contribution in [0.2, 0.25) is 0 Å². The van der Waals surface area contributed by atoms with Gasteiger partial charge in [-0.1, -0.05) is 18.2 Å². The lowest BCUT2D eigenvalue weighted by molar-refractivity contribution is -0.133. The minimum Gasteiger partial charge on any atom is -0.278 e. The number of imide groups is 3. The molecule has 1 aromatic carbocycles. The molecule has 0 aliphatic rings. The first-order valence-electron chi connectivity index (χ1n) is 4.01. The predicted octanol–water partition coefficient (Wildman–Crippen LogP) is 0.832. The molecule has 0 aromatic heterocycles. The van der Waals surface area contributed by atoms with Crippen LogP contribution in [0.15, 0.2) is 30.3 Å². The van der Waals surface area contributed by atoms with Crippen LogP contribution in [0.25, 0.3) is 0 Å². The minimum absolute atomic E-state index is 0.220. The summed E-state index contributed by atoms with van der Waals surface area (Å²) in [6, 6.07) is 8.16. The Kier molecular flexibility index (Phi) is 3.12. The average molecular weight is 191 g/mol. The van der Waals surface area contributed by atoms with Gasteiger partial charge in [0.2, 0.25) is 12.3 Å². The largest absolute Gasteiger partial charge is 0.278 e. The molecule has 0 saturated carbocycles. The molecule has 14 heavy (non-hydrogen) atoms. The van der Waals surface area contributed by atoms with Crippen LogP contribution >= 0.6 is 0 Å². The molecule has 1 aromatic rings. The lowest BCUT2D eigenvalue weighted by atomic mass is 10.2.